The average molecular weight is 255 g/mol. The molecule has 1 radical (unpaired) electrons. The SMILES string of the molecule is CCCCCCCCOc1[c]ccc2ccccc12. The Morgan fingerprint density at radius 1 is 0.947 bits per heavy atom. The van der Waals surface area contributed by atoms with E-state index in [1.165, 1.54) is 37.5 Å². The van der Waals surface area contributed by atoms with Crippen molar-refractivity contribution in [3.05, 3.63) is 42.5 Å². The summed E-state index contributed by atoms with van der Waals surface area (Å²) in [6, 6.07) is 15.5. The number of unbranched alkanes of at least 4 members (excludes halogenated alkanes) is 5. The number of benzene rings is 2. The summed E-state index contributed by atoms with van der Waals surface area (Å²) in [7, 11) is 0. The molecule has 2 rings (SSSR count). The minimum absolute atomic E-state index is 0.802. The van der Waals surface area contributed by atoms with Crippen molar-refractivity contribution >= 4 is 10.8 Å². The van der Waals surface area contributed by atoms with Gasteiger partial charge in [-0.15, -0.1) is 0 Å². The van der Waals surface area contributed by atoms with E-state index in [-0.39, 0.29) is 0 Å². The molecule has 101 valence electrons. The molecular formula is C18H23O. The van der Waals surface area contributed by atoms with Gasteiger partial charge >= 0.3 is 0 Å². The molecule has 0 fully saturated rings. The molecule has 1 nitrogen and oxygen atoms in total. The third kappa shape index (κ3) is 4.27. The monoisotopic (exact) mass is 255 g/mol. The van der Waals surface area contributed by atoms with Gasteiger partial charge in [0.25, 0.3) is 0 Å². The van der Waals surface area contributed by atoms with Gasteiger partial charge in [0.2, 0.25) is 0 Å². The lowest BCUT2D eigenvalue weighted by atomic mass is 10.1. The fourth-order valence-electron chi connectivity index (χ4n) is 2.31. The maximum atomic E-state index is 5.87. The Morgan fingerprint density at radius 2 is 1.74 bits per heavy atom. The van der Waals surface area contributed by atoms with Crippen molar-refractivity contribution < 1.29 is 4.74 Å². The van der Waals surface area contributed by atoms with E-state index in [0.29, 0.717) is 0 Å². The van der Waals surface area contributed by atoms with E-state index >= 15 is 0 Å². The second-order valence-electron chi connectivity index (χ2n) is 5.01. The van der Waals surface area contributed by atoms with E-state index in [4.69, 9.17) is 4.74 Å². The number of hydrogen-bond acceptors (Lipinski definition) is 1. The summed E-state index contributed by atoms with van der Waals surface area (Å²) in [6.45, 7) is 3.05. The summed E-state index contributed by atoms with van der Waals surface area (Å²) in [6.07, 6.45) is 7.76. The maximum absolute atomic E-state index is 5.87. The smallest absolute Gasteiger partial charge is 0.135 e. The van der Waals surface area contributed by atoms with Crippen molar-refractivity contribution in [2.24, 2.45) is 0 Å². The molecule has 0 saturated carbocycles. The minimum Gasteiger partial charge on any atom is -0.492 e. The Hall–Kier alpha value is -1.50. The fraction of sp³-hybridized carbons (Fsp3) is 0.444. The van der Waals surface area contributed by atoms with Crippen LogP contribution in [0.2, 0.25) is 0 Å². The predicted octanol–water partition coefficient (Wildman–Crippen LogP) is 5.38. The second kappa shape index (κ2) is 7.83. The second-order valence-corrected chi connectivity index (χ2v) is 5.01. The third-order valence-corrected chi connectivity index (χ3v) is 3.43. The summed E-state index contributed by atoms with van der Waals surface area (Å²) in [5.41, 5.74) is 0. The van der Waals surface area contributed by atoms with Crippen LogP contribution in [0.4, 0.5) is 0 Å². The highest BCUT2D eigenvalue weighted by molar-refractivity contribution is 5.87. The van der Waals surface area contributed by atoms with Gasteiger partial charge in [-0.25, -0.2) is 0 Å². The number of ether oxygens (including phenoxy) is 1. The first-order chi connectivity index (χ1) is 9.42. The molecule has 0 bridgehead atoms. The molecular weight excluding hydrogens is 232 g/mol. The molecule has 0 saturated heterocycles. The van der Waals surface area contributed by atoms with Crippen molar-refractivity contribution in [1.29, 1.82) is 0 Å². The van der Waals surface area contributed by atoms with Gasteiger partial charge in [0.1, 0.15) is 5.75 Å². The molecule has 2 aromatic rings. The van der Waals surface area contributed by atoms with E-state index in [2.05, 4.69) is 37.3 Å². The molecule has 2 aromatic carbocycles. The summed E-state index contributed by atoms with van der Waals surface area (Å²) in [4.78, 5) is 0. The van der Waals surface area contributed by atoms with Crippen LogP contribution in [0.1, 0.15) is 45.4 Å². The first-order valence-corrected chi connectivity index (χ1v) is 7.44. The van der Waals surface area contributed by atoms with Crippen LogP contribution in [0.25, 0.3) is 10.8 Å². The van der Waals surface area contributed by atoms with Crippen molar-refractivity contribution in [2.75, 3.05) is 6.61 Å². The van der Waals surface area contributed by atoms with Crippen LogP contribution in [0.5, 0.6) is 5.75 Å². The zero-order valence-electron chi connectivity index (χ0n) is 11.8. The lowest BCUT2D eigenvalue weighted by Crippen LogP contribution is -1.98. The summed E-state index contributed by atoms with van der Waals surface area (Å²) >= 11 is 0. The van der Waals surface area contributed by atoms with E-state index < -0.39 is 0 Å². The van der Waals surface area contributed by atoms with E-state index in [1.807, 2.05) is 12.1 Å². The zero-order valence-corrected chi connectivity index (χ0v) is 11.8. The van der Waals surface area contributed by atoms with Crippen LogP contribution in [-0.2, 0) is 0 Å². The van der Waals surface area contributed by atoms with Crippen LogP contribution in [0.3, 0.4) is 0 Å². The lowest BCUT2D eigenvalue weighted by Gasteiger charge is -2.08. The molecule has 0 aliphatic carbocycles. The Kier molecular flexibility index (Phi) is 5.74. The molecule has 0 heterocycles. The lowest BCUT2D eigenvalue weighted by molar-refractivity contribution is 0.307. The van der Waals surface area contributed by atoms with Gasteiger partial charge in [-0.1, -0.05) is 69.4 Å². The normalized spacial score (nSPS) is 10.8. The molecule has 19 heavy (non-hydrogen) atoms. The molecule has 0 amide bonds. The quantitative estimate of drug-likeness (QED) is 0.575. The Labute approximate surface area is 116 Å². The highest BCUT2D eigenvalue weighted by Gasteiger charge is 2.01. The molecule has 0 N–H and O–H groups in total. The molecule has 0 atom stereocenters. The number of rotatable bonds is 8. The predicted molar refractivity (Wildman–Crippen MR) is 81.7 cm³/mol. The van der Waals surface area contributed by atoms with Crippen LogP contribution in [-0.4, -0.2) is 6.61 Å². The zero-order chi connectivity index (χ0) is 13.3. The third-order valence-electron chi connectivity index (χ3n) is 3.43. The van der Waals surface area contributed by atoms with Crippen LogP contribution in [0.15, 0.2) is 36.4 Å². The van der Waals surface area contributed by atoms with Gasteiger partial charge in [0, 0.05) is 11.5 Å². The molecule has 0 spiro atoms. The first kappa shape index (κ1) is 13.9. The Bertz CT molecular complexity index is 485. The van der Waals surface area contributed by atoms with Crippen molar-refractivity contribution in [2.45, 2.75) is 45.4 Å². The number of fused-ring (bicyclic) bond motifs is 1. The van der Waals surface area contributed by atoms with Gasteiger partial charge < -0.3 is 4.74 Å². The van der Waals surface area contributed by atoms with Gasteiger partial charge in [-0.2, -0.15) is 0 Å². The summed E-state index contributed by atoms with van der Waals surface area (Å²) in [5.74, 6) is 0.895. The molecule has 0 aliphatic rings. The summed E-state index contributed by atoms with van der Waals surface area (Å²) < 4.78 is 5.87. The summed E-state index contributed by atoms with van der Waals surface area (Å²) in [5, 5.41) is 2.38. The average Bonchev–Trinajstić information content (AvgIpc) is 2.46. The van der Waals surface area contributed by atoms with Crippen molar-refractivity contribution in [3.8, 4) is 5.75 Å². The molecule has 0 aromatic heterocycles. The van der Waals surface area contributed by atoms with Gasteiger partial charge in [-0.05, 0) is 17.9 Å². The maximum Gasteiger partial charge on any atom is 0.135 e. The van der Waals surface area contributed by atoms with E-state index in [0.717, 1.165) is 24.2 Å². The van der Waals surface area contributed by atoms with Crippen molar-refractivity contribution in [3.63, 3.8) is 0 Å². The Balaban J connectivity index is 1.78. The molecule has 1 heteroatoms. The number of hydrogen-bond donors (Lipinski definition) is 0. The van der Waals surface area contributed by atoms with Crippen LogP contribution in [0, 0.1) is 6.07 Å². The largest absolute Gasteiger partial charge is 0.492 e. The topological polar surface area (TPSA) is 9.23 Å². The van der Waals surface area contributed by atoms with Crippen LogP contribution < -0.4 is 4.74 Å². The standard InChI is InChI=1S/C18H23O/c1-2-3-4-5-6-9-15-19-18-14-10-12-16-11-7-8-13-17(16)18/h7-8,10-13H,2-6,9,15H2,1H3. The van der Waals surface area contributed by atoms with E-state index in [1.54, 1.807) is 0 Å². The van der Waals surface area contributed by atoms with Gasteiger partial charge in [0.05, 0.1) is 6.61 Å². The van der Waals surface area contributed by atoms with Crippen molar-refractivity contribution in [1.82, 2.24) is 0 Å². The first-order valence-electron chi connectivity index (χ1n) is 7.44. The fourth-order valence-corrected chi connectivity index (χ4v) is 2.31. The minimum atomic E-state index is 0.802. The van der Waals surface area contributed by atoms with Gasteiger partial charge in [-0.3, -0.25) is 0 Å². The van der Waals surface area contributed by atoms with E-state index in [9.17, 15) is 0 Å². The van der Waals surface area contributed by atoms with Gasteiger partial charge in [0.15, 0.2) is 0 Å². The van der Waals surface area contributed by atoms with Crippen LogP contribution >= 0.6 is 0 Å². The highest BCUT2D eigenvalue weighted by atomic mass is 16.5. The highest BCUT2D eigenvalue weighted by Crippen LogP contribution is 2.24. The molecule has 0 unspecified atom stereocenters. The molecule has 0 aliphatic heterocycles. The Morgan fingerprint density at radius 3 is 2.63 bits per heavy atom.